The monoisotopic (exact) mass is 340 g/mol. The number of anilines is 1. The van der Waals surface area contributed by atoms with Crippen LogP contribution in [0.3, 0.4) is 0 Å². The predicted molar refractivity (Wildman–Crippen MR) is 82.4 cm³/mol. The first-order valence-corrected chi connectivity index (χ1v) is 7.88. The van der Waals surface area contributed by atoms with Crippen LogP contribution in [0.4, 0.5) is 19.2 Å². The van der Waals surface area contributed by atoms with Crippen molar-refractivity contribution in [1.82, 2.24) is 10.2 Å². The third-order valence-electron chi connectivity index (χ3n) is 4.27. The van der Waals surface area contributed by atoms with Crippen molar-refractivity contribution in [3.8, 4) is 0 Å². The van der Waals surface area contributed by atoms with E-state index in [9.17, 15) is 13.2 Å². The molecule has 1 atom stereocenters. The normalized spacial score (nSPS) is 17.9. The van der Waals surface area contributed by atoms with Crippen LogP contribution in [0, 0.1) is 5.92 Å². The zero-order chi connectivity index (χ0) is 17.2. The van der Waals surface area contributed by atoms with Gasteiger partial charge in [-0.3, -0.25) is 0 Å². The Hall–Kier alpha value is -2.09. The second-order valence-electron chi connectivity index (χ2n) is 6.02. The Bertz CT molecular complexity index is 651. The summed E-state index contributed by atoms with van der Waals surface area (Å²) in [6, 6.07) is 9.48. The molecule has 0 bridgehead atoms. The van der Waals surface area contributed by atoms with Gasteiger partial charge in [-0.25, -0.2) is 0 Å². The van der Waals surface area contributed by atoms with Crippen LogP contribution < -0.4 is 10.6 Å². The van der Waals surface area contributed by atoms with Crippen molar-refractivity contribution in [3.63, 3.8) is 0 Å². The molecule has 5 nitrogen and oxygen atoms in total. The summed E-state index contributed by atoms with van der Waals surface area (Å²) in [6.45, 7) is 0.499. The highest BCUT2D eigenvalue weighted by atomic mass is 19.4. The molecule has 0 amide bonds. The van der Waals surface area contributed by atoms with E-state index >= 15 is 0 Å². The summed E-state index contributed by atoms with van der Waals surface area (Å²) in [5.74, 6) is -0.955. The molecule has 8 heteroatoms. The number of hydrogen-bond donors (Lipinski definition) is 1. The molecule has 130 valence electrons. The Morgan fingerprint density at radius 2 is 1.83 bits per heavy atom. The summed E-state index contributed by atoms with van der Waals surface area (Å²) in [4.78, 5) is 1.69. The lowest BCUT2D eigenvalue weighted by atomic mass is 9.97. The Morgan fingerprint density at radius 3 is 2.46 bits per heavy atom. The predicted octanol–water partition coefficient (Wildman–Crippen LogP) is 3.09. The zero-order valence-corrected chi connectivity index (χ0v) is 13.0. The molecule has 1 aliphatic heterocycles. The number of alkyl halides is 3. The molecule has 1 aromatic heterocycles. The molecule has 1 aromatic carbocycles. The van der Waals surface area contributed by atoms with E-state index in [1.54, 1.807) is 4.90 Å². The number of rotatable bonds is 4. The van der Waals surface area contributed by atoms with Crippen molar-refractivity contribution < 1.29 is 17.6 Å². The zero-order valence-electron chi connectivity index (χ0n) is 13.0. The average Bonchev–Trinajstić information content (AvgIpc) is 3.05. The van der Waals surface area contributed by atoms with Gasteiger partial charge in [-0.1, -0.05) is 35.4 Å². The molecule has 0 radical (unpaired) electrons. The SMILES string of the molecule is NC(Cc1ccccc1)c1nnc(N2CCC(C(F)(F)F)CC2)o1. The van der Waals surface area contributed by atoms with Crippen molar-refractivity contribution >= 4 is 6.01 Å². The third kappa shape index (κ3) is 3.87. The maximum atomic E-state index is 12.7. The fraction of sp³-hybridized carbons (Fsp3) is 0.500. The fourth-order valence-electron chi connectivity index (χ4n) is 2.86. The minimum atomic E-state index is -4.13. The van der Waals surface area contributed by atoms with E-state index in [4.69, 9.17) is 10.2 Å². The van der Waals surface area contributed by atoms with E-state index in [0.717, 1.165) is 5.56 Å². The number of nitrogens with two attached hydrogens (primary N) is 1. The summed E-state index contributed by atoms with van der Waals surface area (Å²) in [5, 5.41) is 7.89. The standard InChI is InChI=1S/C16H19F3N4O/c17-16(18,19)12-6-8-23(9-7-12)15-22-21-14(24-15)13(20)10-11-4-2-1-3-5-11/h1-5,12-13H,6-10,20H2. The summed E-state index contributed by atoms with van der Waals surface area (Å²) in [7, 11) is 0. The van der Waals surface area contributed by atoms with Gasteiger partial charge in [-0.15, -0.1) is 5.10 Å². The van der Waals surface area contributed by atoms with Gasteiger partial charge in [-0.2, -0.15) is 13.2 Å². The molecule has 0 aliphatic carbocycles. The molecule has 3 rings (SSSR count). The molecule has 1 aliphatic rings. The highest BCUT2D eigenvalue weighted by Gasteiger charge is 2.41. The Balaban J connectivity index is 1.60. The van der Waals surface area contributed by atoms with Crippen molar-refractivity contribution in [3.05, 3.63) is 41.8 Å². The smallest absolute Gasteiger partial charge is 0.391 e. The van der Waals surface area contributed by atoms with Crippen LogP contribution in [0.1, 0.15) is 30.3 Å². The molecule has 1 unspecified atom stereocenters. The molecular formula is C16H19F3N4O. The average molecular weight is 340 g/mol. The highest BCUT2D eigenvalue weighted by molar-refractivity contribution is 5.25. The number of benzene rings is 1. The van der Waals surface area contributed by atoms with Crippen molar-refractivity contribution in [2.24, 2.45) is 11.7 Å². The maximum absolute atomic E-state index is 12.7. The van der Waals surface area contributed by atoms with Crippen LogP contribution in [0.15, 0.2) is 34.7 Å². The molecule has 0 saturated carbocycles. The van der Waals surface area contributed by atoms with Gasteiger partial charge in [0.1, 0.15) is 0 Å². The molecule has 0 spiro atoms. The topological polar surface area (TPSA) is 68.2 Å². The molecule has 2 aromatic rings. The van der Waals surface area contributed by atoms with Crippen molar-refractivity contribution in [1.29, 1.82) is 0 Å². The Morgan fingerprint density at radius 1 is 1.17 bits per heavy atom. The third-order valence-corrected chi connectivity index (χ3v) is 4.27. The minimum absolute atomic E-state index is 0.0390. The lowest BCUT2D eigenvalue weighted by Crippen LogP contribution is -2.39. The van der Waals surface area contributed by atoms with E-state index < -0.39 is 18.1 Å². The number of halogens is 3. The van der Waals surface area contributed by atoms with Gasteiger partial charge in [0, 0.05) is 13.1 Å². The number of nitrogens with zero attached hydrogens (tertiary/aromatic N) is 3. The maximum Gasteiger partial charge on any atom is 0.391 e. The van der Waals surface area contributed by atoms with E-state index in [0.29, 0.717) is 12.3 Å². The Kier molecular flexibility index (Phi) is 4.75. The fourth-order valence-corrected chi connectivity index (χ4v) is 2.86. The van der Waals surface area contributed by atoms with E-state index in [-0.39, 0.29) is 31.9 Å². The van der Waals surface area contributed by atoms with Gasteiger partial charge in [-0.05, 0) is 24.8 Å². The second-order valence-corrected chi connectivity index (χ2v) is 6.02. The summed E-state index contributed by atoms with van der Waals surface area (Å²) in [6.07, 6.45) is -3.50. The Labute approximate surface area is 137 Å². The molecule has 1 fully saturated rings. The molecule has 1 saturated heterocycles. The van der Waals surface area contributed by atoms with E-state index in [1.165, 1.54) is 0 Å². The number of piperidine rings is 1. The summed E-state index contributed by atoms with van der Waals surface area (Å²) < 4.78 is 43.7. The lowest BCUT2D eigenvalue weighted by molar-refractivity contribution is -0.179. The first kappa shape index (κ1) is 16.8. The van der Waals surface area contributed by atoms with Crippen LogP contribution in [0.25, 0.3) is 0 Å². The van der Waals surface area contributed by atoms with Gasteiger partial charge in [0.15, 0.2) is 0 Å². The quantitative estimate of drug-likeness (QED) is 0.926. The first-order chi connectivity index (χ1) is 11.4. The van der Waals surface area contributed by atoms with Gasteiger partial charge in [0.2, 0.25) is 5.89 Å². The van der Waals surface area contributed by atoms with Gasteiger partial charge in [0.25, 0.3) is 0 Å². The second kappa shape index (κ2) is 6.80. The largest absolute Gasteiger partial charge is 0.406 e. The summed E-state index contributed by atoms with van der Waals surface area (Å²) in [5.41, 5.74) is 7.14. The summed E-state index contributed by atoms with van der Waals surface area (Å²) >= 11 is 0. The first-order valence-electron chi connectivity index (χ1n) is 7.88. The van der Waals surface area contributed by atoms with Gasteiger partial charge >= 0.3 is 12.2 Å². The van der Waals surface area contributed by atoms with Crippen LogP contribution in [0.5, 0.6) is 0 Å². The number of aromatic nitrogens is 2. The number of hydrogen-bond acceptors (Lipinski definition) is 5. The lowest BCUT2D eigenvalue weighted by Gasteiger charge is -2.31. The van der Waals surface area contributed by atoms with Crippen LogP contribution in [0.2, 0.25) is 0 Å². The van der Waals surface area contributed by atoms with E-state index in [2.05, 4.69) is 10.2 Å². The highest BCUT2D eigenvalue weighted by Crippen LogP contribution is 2.35. The van der Waals surface area contributed by atoms with Crippen molar-refractivity contribution in [2.75, 3.05) is 18.0 Å². The van der Waals surface area contributed by atoms with Gasteiger partial charge in [0.05, 0.1) is 12.0 Å². The van der Waals surface area contributed by atoms with Crippen molar-refractivity contribution in [2.45, 2.75) is 31.5 Å². The van der Waals surface area contributed by atoms with E-state index in [1.807, 2.05) is 30.3 Å². The van der Waals surface area contributed by atoms with Crippen LogP contribution >= 0.6 is 0 Å². The molecule has 24 heavy (non-hydrogen) atoms. The van der Waals surface area contributed by atoms with Crippen LogP contribution in [-0.2, 0) is 6.42 Å². The molecule has 2 heterocycles. The van der Waals surface area contributed by atoms with Gasteiger partial charge < -0.3 is 15.1 Å². The molecular weight excluding hydrogens is 321 g/mol. The molecule has 2 N–H and O–H groups in total. The van der Waals surface area contributed by atoms with Crippen LogP contribution in [-0.4, -0.2) is 29.5 Å². The minimum Gasteiger partial charge on any atom is -0.406 e.